The molecule has 0 aromatic carbocycles. The fourth-order valence-electron chi connectivity index (χ4n) is 1.50. The third kappa shape index (κ3) is 1.79. The van der Waals surface area contributed by atoms with Gasteiger partial charge >= 0.3 is 0 Å². The zero-order valence-corrected chi connectivity index (χ0v) is 9.92. The molecule has 2 nitrogen and oxygen atoms in total. The van der Waals surface area contributed by atoms with E-state index < -0.39 is 0 Å². The largest absolute Gasteiger partial charge is 0.240 e. The van der Waals surface area contributed by atoms with Crippen LogP contribution in [0.25, 0.3) is 5.52 Å². The number of aromatic nitrogens is 2. The molecule has 2 rings (SSSR count). The molecule has 0 bridgehead atoms. The van der Waals surface area contributed by atoms with Crippen LogP contribution >= 0.6 is 27.5 Å². The molecule has 0 amide bonds. The topological polar surface area (TPSA) is 17.3 Å². The van der Waals surface area contributed by atoms with Crippen LogP contribution in [0.4, 0.5) is 0 Å². The summed E-state index contributed by atoms with van der Waals surface area (Å²) in [6.07, 6.45) is 5.83. The van der Waals surface area contributed by atoms with E-state index in [0.29, 0.717) is 5.88 Å². The third-order valence-electron chi connectivity index (χ3n) is 2.15. The minimum atomic E-state index is 0.696. The van der Waals surface area contributed by atoms with Gasteiger partial charge in [-0.15, -0.1) is 11.6 Å². The summed E-state index contributed by atoms with van der Waals surface area (Å²) in [6, 6.07) is 4.00. The second kappa shape index (κ2) is 4.32. The lowest BCUT2D eigenvalue weighted by Gasteiger charge is -1.99. The van der Waals surface area contributed by atoms with Crippen molar-refractivity contribution in [2.45, 2.75) is 12.8 Å². The van der Waals surface area contributed by atoms with Gasteiger partial charge in [-0.2, -0.15) is 5.10 Å². The highest BCUT2D eigenvalue weighted by molar-refractivity contribution is 9.10. The number of aryl methyl sites for hydroxylation is 1. The molecule has 0 unspecified atom stereocenters. The molecule has 0 aliphatic carbocycles. The number of hydrogen-bond donors (Lipinski definition) is 0. The van der Waals surface area contributed by atoms with Crippen LogP contribution in [0.3, 0.4) is 0 Å². The van der Waals surface area contributed by atoms with Crippen molar-refractivity contribution >= 4 is 33.0 Å². The first-order chi connectivity index (χ1) is 6.83. The van der Waals surface area contributed by atoms with Crippen LogP contribution in [0.5, 0.6) is 0 Å². The Morgan fingerprint density at radius 2 is 2.36 bits per heavy atom. The summed E-state index contributed by atoms with van der Waals surface area (Å²) in [5.41, 5.74) is 2.40. The Kier molecular flexibility index (Phi) is 3.08. The van der Waals surface area contributed by atoms with Crippen molar-refractivity contribution in [2.75, 3.05) is 5.88 Å². The molecule has 2 aromatic heterocycles. The highest BCUT2D eigenvalue weighted by Gasteiger charge is 2.06. The summed E-state index contributed by atoms with van der Waals surface area (Å²) in [5, 5.41) is 4.28. The van der Waals surface area contributed by atoms with Crippen molar-refractivity contribution in [1.82, 2.24) is 9.61 Å². The van der Waals surface area contributed by atoms with E-state index in [-0.39, 0.29) is 0 Å². The molecule has 0 aliphatic rings. The van der Waals surface area contributed by atoms with Gasteiger partial charge in [0.1, 0.15) is 0 Å². The first kappa shape index (κ1) is 9.99. The van der Waals surface area contributed by atoms with Gasteiger partial charge < -0.3 is 0 Å². The van der Waals surface area contributed by atoms with Crippen molar-refractivity contribution in [3.63, 3.8) is 0 Å². The van der Waals surface area contributed by atoms with Gasteiger partial charge in [-0.25, -0.2) is 4.52 Å². The van der Waals surface area contributed by atoms with Gasteiger partial charge in [0.15, 0.2) is 0 Å². The highest BCUT2D eigenvalue weighted by Crippen LogP contribution is 2.22. The second-order valence-corrected chi connectivity index (χ2v) is 4.34. The van der Waals surface area contributed by atoms with E-state index in [1.807, 2.05) is 29.0 Å². The van der Waals surface area contributed by atoms with Crippen LogP contribution in [-0.4, -0.2) is 15.5 Å². The Morgan fingerprint density at radius 1 is 1.50 bits per heavy atom. The molecule has 14 heavy (non-hydrogen) atoms. The molecule has 0 saturated carbocycles. The number of nitrogens with zero attached hydrogens (tertiary/aromatic N) is 2. The van der Waals surface area contributed by atoms with Gasteiger partial charge in [0.05, 0.1) is 11.7 Å². The number of fused-ring (bicyclic) bond motifs is 1. The number of pyridine rings is 1. The van der Waals surface area contributed by atoms with Crippen molar-refractivity contribution in [3.8, 4) is 0 Å². The van der Waals surface area contributed by atoms with Crippen LogP contribution in [0.2, 0.25) is 0 Å². The third-order valence-corrected chi connectivity index (χ3v) is 3.05. The Hall–Kier alpha value is -0.540. The molecule has 0 aliphatic heterocycles. The molecule has 0 fully saturated rings. The van der Waals surface area contributed by atoms with Gasteiger partial charge in [0, 0.05) is 16.5 Å². The van der Waals surface area contributed by atoms with E-state index in [1.54, 1.807) is 0 Å². The number of rotatable bonds is 3. The molecule has 74 valence electrons. The van der Waals surface area contributed by atoms with Gasteiger partial charge in [-0.3, -0.25) is 0 Å². The SMILES string of the molecule is ClCCCc1cnn2cccc(Br)c12. The highest BCUT2D eigenvalue weighted by atomic mass is 79.9. The first-order valence-corrected chi connectivity index (χ1v) is 5.82. The molecule has 0 radical (unpaired) electrons. The average Bonchev–Trinajstić information content (AvgIpc) is 2.59. The van der Waals surface area contributed by atoms with Gasteiger partial charge in [-0.1, -0.05) is 0 Å². The molecule has 2 aromatic rings. The normalized spacial score (nSPS) is 11.0. The predicted octanol–water partition coefficient (Wildman–Crippen LogP) is 3.27. The molecule has 0 spiro atoms. The average molecular weight is 274 g/mol. The molecule has 0 saturated heterocycles. The second-order valence-electron chi connectivity index (χ2n) is 3.11. The van der Waals surface area contributed by atoms with Gasteiger partial charge in [0.25, 0.3) is 0 Å². The Morgan fingerprint density at radius 3 is 3.14 bits per heavy atom. The smallest absolute Gasteiger partial charge is 0.0835 e. The summed E-state index contributed by atoms with van der Waals surface area (Å²) in [7, 11) is 0. The summed E-state index contributed by atoms with van der Waals surface area (Å²) in [6.45, 7) is 0. The molecule has 0 atom stereocenters. The lowest BCUT2D eigenvalue weighted by molar-refractivity contribution is 0.936. The monoisotopic (exact) mass is 272 g/mol. The fourth-order valence-corrected chi connectivity index (χ4v) is 2.22. The van der Waals surface area contributed by atoms with E-state index >= 15 is 0 Å². The van der Waals surface area contributed by atoms with Crippen LogP contribution < -0.4 is 0 Å². The summed E-state index contributed by atoms with van der Waals surface area (Å²) in [5.74, 6) is 0.696. The lowest BCUT2D eigenvalue weighted by atomic mass is 10.2. The fraction of sp³-hybridized carbons (Fsp3) is 0.300. The molecular weight excluding hydrogens is 263 g/mol. The molecule has 2 heterocycles. The Balaban J connectivity index is 2.45. The summed E-state index contributed by atoms with van der Waals surface area (Å²) in [4.78, 5) is 0. The van der Waals surface area contributed by atoms with Crippen LogP contribution in [-0.2, 0) is 6.42 Å². The van der Waals surface area contributed by atoms with Crippen molar-refractivity contribution in [1.29, 1.82) is 0 Å². The van der Waals surface area contributed by atoms with Crippen LogP contribution in [0, 0.1) is 0 Å². The van der Waals surface area contributed by atoms with Crippen LogP contribution in [0.1, 0.15) is 12.0 Å². The zero-order chi connectivity index (χ0) is 9.97. The quantitative estimate of drug-likeness (QED) is 0.785. The number of hydrogen-bond acceptors (Lipinski definition) is 1. The van der Waals surface area contributed by atoms with Crippen molar-refractivity contribution in [3.05, 3.63) is 34.6 Å². The molecular formula is C10H10BrClN2. The van der Waals surface area contributed by atoms with E-state index in [4.69, 9.17) is 11.6 Å². The standard InChI is InChI=1S/C10H10BrClN2/c11-9-4-2-6-14-10(9)8(7-13-14)3-1-5-12/h2,4,6-7H,1,3,5H2. The van der Waals surface area contributed by atoms with Crippen molar-refractivity contribution in [2.24, 2.45) is 0 Å². The van der Waals surface area contributed by atoms with E-state index in [0.717, 1.165) is 22.8 Å². The Bertz CT molecular complexity index is 439. The first-order valence-electron chi connectivity index (χ1n) is 4.49. The summed E-state index contributed by atoms with van der Waals surface area (Å²) >= 11 is 9.20. The van der Waals surface area contributed by atoms with E-state index in [1.165, 1.54) is 5.56 Å². The maximum absolute atomic E-state index is 5.67. The number of halogens is 2. The lowest BCUT2D eigenvalue weighted by Crippen LogP contribution is -1.88. The van der Waals surface area contributed by atoms with Gasteiger partial charge in [-0.05, 0) is 46.5 Å². The van der Waals surface area contributed by atoms with E-state index in [2.05, 4.69) is 21.0 Å². The van der Waals surface area contributed by atoms with Gasteiger partial charge in [0.2, 0.25) is 0 Å². The number of alkyl halides is 1. The molecule has 4 heteroatoms. The Labute approximate surface area is 96.0 Å². The zero-order valence-electron chi connectivity index (χ0n) is 7.58. The van der Waals surface area contributed by atoms with Crippen molar-refractivity contribution < 1.29 is 0 Å². The predicted molar refractivity (Wildman–Crippen MR) is 61.9 cm³/mol. The van der Waals surface area contributed by atoms with Crippen LogP contribution in [0.15, 0.2) is 29.0 Å². The molecule has 0 N–H and O–H groups in total. The van der Waals surface area contributed by atoms with E-state index in [9.17, 15) is 0 Å². The minimum Gasteiger partial charge on any atom is -0.240 e. The maximum Gasteiger partial charge on any atom is 0.0835 e. The maximum atomic E-state index is 5.67. The summed E-state index contributed by atoms with van der Waals surface area (Å²) < 4.78 is 2.97. The minimum absolute atomic E-state index is 0.696.